The molecule has 3 rings (SSSR count). The van der Waals surface area contributed by atoms with Crippen LogP contribution in [0.1, 0.15) is 11.3 Å². The van der Waals surface area contributed by atoms with Gasteiger partial charge in [0, 0.05) is 11.6 Å². The first-order valence-corrected chi connectivity index (χ1v) is 7.27. The van der Waals surface area contributed by atoms with Gasteiger partial charge in [-0.2, -0.15) is 0 Å². The van der Waals surface area contributed by atoms with E-state index >= 15 is 0 Å². The Balaban J connectivity index is 1.49. The second-order valence-electron chi connectivity index (χ2n) is 4.96. The topological polar surface area (TPSA) is 64.4 Å². The maximum absolute atomic E-state index is 11.7. The Labute approximate surface area is 133 Å². The third kappa shape index (κ3) is 4.20. The molecule has 0 fully saturated rings. The van der Waals surface area contributed by atoms with Gasteiger partial charge in [0.1, 0.15) is 12.3 Å². The van der Waals surface area contributed by atoms with Crippen LogP contribution in [-0.2, 0) is 17.9 Å². The van der Waals surface area contributed by atoms with Crippen molar-refractivity contribution >= 4 is 6.09 Å². The predicted octanol–water partition coefficient (Wildman–Crippen LogP) is 3.77. The first-order chi connectivity index (χ1) is 11.3. The molecule has 0 radical (unpaired) electrons. The van der Waals surface area contributed by atoms with Crippen molar-refractivity contribution in [3.05, 3.63) is 78.1 Å². The summed E-state index contributed by atoms with van der Waals surface area (Å²) >= 11 is 0. The fraction of sp³-hybridized carbons (Fsp3) is 0.111. The first-order valence-electron chi connectivity index (χ1n) is 7.27. The maximum Gasteiger partial charge on any atom is 0.407 e. The standard InChI is InChI=1S/C18H16N2O3/c21-18(22-13-14-7-3-1-4-8-14)19-12-16-11-17(20-23-16)15-9-5-2-6-10-15/h1-11H,12-13H2,(H,19,21). The molecule has 0 aliphatic rings. The van der Waals surface area contributed by atoms with Crippen molar-refractivity contribution in [2.24, 2.45) is 0 Å². The SMILES string of the molecule is O=C(NCc1cc(-c2ccccc2)no1)OCc1ccccc1. The van der Waals surface area contributed by atoms with E-state index in [2.05, 4.69) is 10.5 Å². The molecule has 0 aliphatic heterocycles. The van der Waals surface area contributed by atoms with E-state index in [4.69, 9.17) is 9.26 Å². The summed E-state index contributed by atoms with van der Waals surface area (Å²) in [4.78, 5) is 11.7. The Kier molecular flexibility index (Phi) is 4.69. The molecule has 1 N–H and O–H groups in total. The van der Waals surface area contributed by atoms with Gasteiger partial charge >= 0.3 is 6.09 Å². The smallest absolute Gasteiger partial charge is 0.407 e. The van der Waals surface area contributed by atoms with Gasteiger partial charge in [-0.05, 0) is 5.56 Å². The number of alkyl carbamates (subject to hydrolysis) is 1. The number of hydrogen-bond acceptors (Lipinski definition) is 4. The van der Waals surface area contributed by atoms with Crippen molar-refractivity contribution in [2.45, 2.75) is 13.2 Å². The van der Waals surface area contributed by atoms with Gasteiger partial charge in [-0.3, -0.25) is 0 Å². The van der Waals surface area contributed by atoms with Crippen LogP contribution in [0.3, 0.4) is 0 Å². The number of hydrogen-bond donors (Lipinski definition) is 1. The molecule has 3 aromatic rings. The summed E-state index contributed by atoms with van der Waals surface area (Å²) in [6.45, 7) is 0.464. The summed E-state index contributed by atoms with van der Waals surface area (Å²) in [7, 11) is 0. The van der Waals surface area contributed by atoms with Gasteiger partial charge in [-0.15, -0.1) is 0 Å². The van der Waals surface area contributed by atoms with Crippen LogP contribution in [0, 0.1) is 0 Å². The lowest BCUT2D eigenvalue weighted by atomic mass is 10.1. The quantitative estimate of drug-likeness (QED) is 0.779. The summed E-state index contributed by atoms with van der Waals surface area (Å²) in [5, 5.41) is 6.63. The highest BCUT2D eigenvalue weighted by Crippen LogP contribution is 2.18. The van der Waals surface area contributed by atoms with Gasteiger partial charge < -0.3 is 14.6 Å². The molecule has 1 heterocycles. The van der Waals surface area contributed by atoms with Crippen molar-refractivity contribution in [3.63, 3.8) is 0 Å². The van der Waals surface area contributed by atoms with Crippen LogP contribution in [-0.4, -0.2) is 11.2 Å². The molecule has 0 saturated heterocycles. The molecule has 0 atom stereocenters. The first kappa shape index (κ1) is 14.8. The van der Waals surface area contributed by atoms with Crippen LogP contribution in [0.2, 0.25) is 0 Å². The van der Waals surface area contributed by atoms with E-state index < -0.39 is 6.09 Å². The number of amides is 1. The van der Waals surface area contributed by atoms with Crippen LogP contribution >= 0.6 is 0 Å². The molecule has 0 bridgehead atoms. The number of nitrogens with one attached hydrogen (secondary N) is 1. The lowest BCUT2D eigenvalue weighted by molar-refractivity contribution is 0.138. The molecule has 1 amide bonds. The Morgan fingerprint density at radius 3 is 2.48 bits per heavy atom. The largest absolute Gasteiger partial charge is 0.445 e. The highest BCUT2D eigenvalue weighted by molar-refractivity contribution is 5.67. The Bertz CT molecular complexity index is 754. The lowest BCUT2D eigenvalue weighted by Crippen LogP contribution is -2.23. The third-order valence-corrected chi connectivity index (χ3v) is 3.25. The molecular formula is C18H16N2O3. The van der Waals surface area contributed by atoms with Crippen molar-refractivity contribution in [2.75, 3.05) is 0 Å². The Morgan fingerprint density at radius 1 is 1.04 bits per heavy atom. The number of ether oxygens (including phenoxy) is 1. The van der Waals surface area contributed by atoms with E-state index in [0.717, 1.165) is 16.8 Å². The molecule has 23 heavy (non-hydrogen) atoms. The van der Waals surface area contributed by atoms with Crippen LogP contribution < -0.4 is 5.32 Å². The van der Waals surface area contributed by atoms with Gasteiger partial charge in [0.2, 0.25) is 0 Å². The van der Waals surface area contributed by atoms with E-state index in [9.17, 15) is 4.79 Å². The molecular weight excluding hydrogens is 292 g/mol. The Hall–Kier alpha value is -3.08. The second kappa shape index (κ2) is 7.26. The number of nitrogens with zero attached hydrogens (tertiary/aromatic N) is 1. The van der Waals surface area contributed by atoms with Crippen molar-refractivity contribution < 1.29 is 14.1 Å². The summed E-state index contributed by atoms with van der Waals surface area (Å²) in [5.74, 6) is 0.570. The zero-order valence-corrected chi connectivity index (χ0v) is 12.4. The minimum Gasteiger partial charge on any atom is -0.445 e. The summed E-state index contributed by atoms with van der Waals surface area (Å²) < 4.78 is 10.3. The fourth-order valence-electron chi connectivity index (χ4n) is 2.07. The average Bonchev–Trinajstić information content (AvgIpc) is 3.09. The molecule has 2 aromatic carbocycles. The molecule has 0 saturated carbocycles. The lowest BCUT2D eigenvalue weighted by Gasteiger charge is -2.05. The summed E-state index contributed by atoms with van der Waals surface area (Å²) in [5.41, 5.74) is 2.64. The third-order valence-electron chi connectivity index (χ3n) is 3.25. The van der Waals surface area contributed by atoms with Gasteiger partial charge in [0.05, 0.1) is 6.54 Å². The number of carbonyl (C=O) groups excluding carboxylic acids is 1. The van der Waals surface area contributed by atoms with Crippen molar-refractivity contribution in [1.29, 1.82) is 0 Å². The van der Waals surface area contributed by atoms with Crippen LogP contribution in [0.25, 0.3) is 11.3 Å². The number of benzene rings is 2. The molecule has 5 heteroatoms. The highest BCUT2D eigenvalue weighted by Gasteiger charge is 2.08. The zero-order chi connectivity index (χ0) is 15.9. The van der Waals surface area contributed by atoms with E-state index in [0.29, 0.717) is 5.76 Å². The Morgan fingerprint density at radius 2 is 1.74 bits per heavy atom. The van der Waals surface area contributed by atoms with Gasteiger partial charge in [0.25, 0.3) is 0 Å². The van der Waals surface area contributed by atoms with E-state index in [-0.39, 0.29) is 13.2 Å². The van der Waals surface area contributed by atoms with Crippen molar-refractivity contribution in [3.8, 4) is 11.3 Å². The predicted molar refractivity (Wildman–Crippen MR) is 85.4 cm³/mol. The molecule has 5 nitrogen and oxygen atoms in total. The molecule has 1 aromatic heterocycles. The molecule has 0 spiro atoms. The van der Waals surface area contributed by atoms with Crippen LogP contribution in [0.4, 0.5) is 4.79 Å². The molecule has 116 valence electrons. The van der Waals surface area contributed by atoms with Crippen LogP contribution in [0.15, 0.2) is 71.3 Å². The van der Waals surface area contributed by atoms with Gasteiger partial charge in [0.15, 0.2) is 5.76 Å². The number of carbonyl (C=O) groups is 1. The second-order valence-corrected chi connectivity index (χ2v) is 4.96. The minimum atomic E-state index is -0.494. The van der Waals surface area contributed by atoms with E-state index in [1.807, 2.05) is 60.7 Å². The van der Waals surface area contributed by atoms with Crippen LogP contribution in [0.5, 0.6) is 0 Å². The summed E-state index contributed by atoms with van der Waals surface area (Å²) in [6, 6.07) is 21.0. The highest BCUT2D eigenvalue weighted by atomic mass is 16.5. The van der Waals surface area contributed by atoms with Crippen molar-refractivity contribution in [1.82, 2.24) is 10.5 Å². The van der Waals surface area contributed by atoms with E-state index in [1.54, 1.807) is 6.07 Å². The zero-order valence-electron chi connectivity index (χ0n) is 12.4. The fourth-order valence-corrected chi connectivity index (χ4v) is 2.07. The molecule has 0 unspecified atom stereocenters. The van der Waals surface area contributed by atoms with Gasteiger partial charge in [-0.1, -0.05) is 65.8 Å². The van der Waals surface area contributed by atoms with Gasteiger partial charge in [-0.25, -0.2) is 4.79 Å². The number of rotatable bonds is 5. The monoisotopic (exact) mass is 308 g/mol. The molecule has 0 aliphatic carbocycles. The maximum atomic E-state index is 11.7. The minimum absolute atomic E-state index is 0.230. The number of aromatic nitrogens is 1. The van der Waals surface area contributed by atoms with E-state index in [1.165, 1.54) is 0 Å². The average molecular weight is 308 g/mol. The normalized spacial score (nSPS) is 10.3. The summed E-state index contributed by atoms with van der Waals surface area (Å²) in [6.07, 6.45) is -0.494.